The largest absolute Gasteiger partial charge is 0.389 e. The van der Waals surface area contributed by atoms with E-state index in [9.17, 15) is 13.2 Å². The van der Waals surface area contributed by atoms with Crippen molar-refractivity contribution in [1.29, 1.82) is 0 Å². The Labute approximate surface area is 126 Å². The van der Waals surface area contributed by atoms with Crippen molar-refractivity contribution in [2.75, 3.05) is 0 Å². The van der Waals surface area contributed by atoms with Crippen LogP contribution in [0.4, 0.5) is 13.2 Å². The van der Waals surface area contributed by atoms with Gasteiger partial charge in [0.1, 0.15) is 5.82 Å². The maximum Gasteiger partial charge on any atom is 0.389 e. The third kappa shape index (κ3) is 4.13. The fraction of sp³-hybridized carbons (Fsp3) is 0.533. The average molecular weight is 319 g/mol. The summed E-state index contributed by atoms with van der Waals surface area (Å²) in [6.45, 7) is 4.30. The molecule has 0 aliphatic heterocycles. The molecule has 1 unspecified atom stereocenters. The fourth-order valence-corrected chi connectivity index (χ4v) is 2.55. The van der Waals surface area contributed by atoms with Gasteiger partial charge < -0.3 is 4.57 Å². The average Bonchev–Trinajstić information content (AvgIpc) is 2.72. The molecular weight excluding hydrogens is 301 g/mol. The summed E-state index contributed by atoms with van der Waals surface area (Å²) < 4.78 is 38.5. The van der Waals surface area contributed by atoms with Crippen LogP contribution in [0.3, 0.4) is 0 Å². The SMILES string of the molecule is Cc1ccc2nc(C(C)Cl)n(CCCCC(F)(F)F)c2c1. The van der Waals surface area contributed by atoms with Crippen molar-refractivity contribution >= 4 is 22.6 Å². The Morgan fingerprint density at radius 2 is 2.00 bits per heavy atom. The first-order valence-electron chi connectivity index (χ1n) is 6.95. The van der Waals surface area contributed by atoms with Crippen LogP contribution in [0, 0.1) is 6.92 Å². The molecule has 2 nitrogen and oxygen atoms in total. The quantitative estimate of drug-likeness (QED) is 0.535. The molecule has 6 heteroatoms. The second kappa shape index (κ2) is 6.26. The molecule has 2 rings (SSSR count). The molecule has 0 radical (unpaired) electrons. The van der Waals surface area contributed by atoms with Gasteiger partial charge in [-0.1, -0.05) is 6.07 Å². The normalized spacial score (nSPS) is 13.8. The van der Waals surface area contributed by atoms with Crippen molar-refractivity contribution in [3.8, 4) is 0 Å². The highest BCUT2D eigenvalue weighted by atomic mass is 35.5. The minimum Gasteiger partial charge on any atom is -0.327 e. The van der Waals surface area contributed by atoms with E-state index in [0.717, 1.165) is 16.6 Å². The van der Waals surface area contributed by atoms with Crippen molar-refractivity contribution < 1.29 is 13.2 Å². The van der Waals surface area contributed by atoms with Gasteiger partial charge in [-0.2, -0.15) is 13.2 Å². The van der Waals surface area contributed by atoms with Crippen LogP contribution < -0.4 is 0 Å². The van der Waals surface area contributed by atoms with Crippen LogP contribution in [-0.4, -0.2) is 15.7 Å². The van der Waals surface area contributed by atoms with Crippen LogP contribution in [0.2, 0.25) is 0 Å². The number of hydrogen-bond donors (Lipinski definition) is 0. The lowest BCUT2D eigenvalue weighted by atomic mass is 10.2. The van der Waals surface area contributed by atoms with Gasteiger partial charge in [-0.25, -0.2) is 4.98 Å². The zero-order valence-electron chi connectivity index (χ0n) is 12.0. The fourth-order valence-electron chi connectivity index (χ4n) is 2.39. The van der Waals surface area contributed by atoms with Crippen LogP contribution >= 0.6 is 11.6 Å². The van der Waals surface area contributed by atoms with Crippen LogP contribution in [0.5, 0.6) is 0 Å². The van der Waals surface area contributed by atoms with Gasteiger partial charge in [0.25, 0.3) is 0 Å². The van der Waals surface area contributed by atoms with Gasteiger partial charge in [0, 0.05) is 13.0 Å². The Morgan fingerprint density at radius 3 is 2.62 bits per heavy atom. The number of imidazole rings is 1. The Balaban J connectivity index is 2.20. The molecule has 0 saturated carbocycles. The number of hydrogen-bond acceptors (Lipinski definition) is 1. The van der Waals surface area contributed by atoms with Crippen LogP contribution in [0.15, 0.2) is 18.2 Å². The highest BCUT2D eigenvalue weighted by Gasteiger charge is 2.26. The lowest BCUT2D eigenvalue weighted by Crippen LogP contribution is -2.09. The number of aryl methyl sites for hydroxylation is 2. The summed E-state index contributed by atoms with van der Waals surface area (Å²) >= 11 is 6.14. The minimum absolute atomic E-state index is 0.116. The molecule has 116 valence electrons. The van der Waals surface area contributed by atoms with E-state index >= 15 is 0 Å². The predicted octanol–water partition coefficient (Wildman–Crippen LogP) is 5.38. The molecule has 0 fully saturated rings. The maximum atomic E-state index is 12.2. The smallest absolute Gasteiger partial charge is 0.327 e. The lowest BCUT2D eigenvalue weighted by Gasteiger charge is -2.11. The Bertz CT molecular complexity index is 617. The predicted molar refractivity (Wildman–Crippen MR) is 78.6 cm³/mol. The van der Waals surface area contributed by atoms with Crippen LogP contribution in [0.1, 0.15) is 43.0 Å². The molecule has 0 aliphatic rings. The highest BCUT2D eigenvalue weighted by molar-refractivity contribution is 6.20. The number of rotatable bonds is 5. The molecule has 0 saturated heterocycles. The summed E-state index contributed by atoms with van der Waals surface area (Å²) in [5.41, 5.74) is 2.86. The van der Waals surface area contributed by atoms with E-state index in [2.05, 4.69) is 4.98 Å². The topological polar surface area (TPSA) is 17.8 Å². The summed E-state index contributed by atoms with van der Waals surface area (Å²) in [5, 5.41) is -0.277. The van der Waals surface area contributed by atoms with Gasteiger partial charge in [0.05, 0.1) is 16.4 Å². The third-order valence-electron chi connectivity index (χ3n) is 3.38. The number of benzene rings is 1. The second-order valence-electron chi connectivity index (χ2n) is 5.30. The molecule has 21 heavy (non-hydrogen) atoms. The zero-order valence-corrected chi connectivity index (χ0v) is 12.8. The van der Waals surface area contributed by atoms with E-state index in [1.165, 1.54) is 0 Å². The van der Waals surface area contributed by atoms with Crippen molar-refractivity contribution in [1.82, 2.24) is 9.55 Å². The molecule has 0 aliphatic carbocycles. The first-order chi connectivity index (χ1) is 9.78. The Hall–Kier alpha value is -1.23. The molecule has 0 amide bonds. The zero-order chi connectivity index (χ0) is 15.6. The van der Waals surface area contributed by atoms with E-state index in [-0.39, 0.29) is 11.8 Å². The second-order valence-corrected chi connectivity index (χ2v) is 5.96. The summed E-state index contributed by atoms with van der Waals surface area (Å²) in [7, 11) is 0. The van der Waals surface area contributed by atoms with E-state index in [1.54, 1.807) is 0 Å². The van der Waals surface area contributed by atoms with Gasteiger partial charge in [-0.15, -0.1) is 11.6 Å². The van der Waals surface area contributed by atoms with Crippen molar-refractivity contribution in [3.05, 3.63) is 29.6 Å². The summed E-state index contributed by atoms with van der Waals surface area (Å²) in [4.78, 5) is 4.49. The molecule has 1 aromatic carbocycles. The first kappa shape index (κ1) is 16.1. The standard InChI is InChI=1S/C15H18ClF3N2/c1-10-5-6-12-13(9-10)21(14(20-12)11(2)16)8-4-3-7-15(17,18)19/h5-6,9,11H,3-4,7-8H2,1-2H3. The third-order valence-corrected chi connectivity index (χ3v) is 3.58. The van der Waals surface area contributed by atoms with E-state index in [4.69, 9.17) is 11.6 Å². The monoisotopic (exact) mass is 318 g/mol. The summed E-state index contributed by atoms with van der Waals surface area (Å²) in [5.74, 6) is 0.712. The molecule has 1 atom stereocenters. The van der Waals surface area contributed by atoms with Gasteiger partial charge in [-0.3, -0.25) is 0 Å². The van der Waals surface area contributed by atoms with Crippen molar-refractivity contribution in [3.63, 3.8) is 0 Å². The minimum atomic E-state index is -4.09. The number of alkyl halides is 4. The van der Waals surface area contributed by atoms with E-state index < -0.39 is 12.6 Å². The highest BCUT2D eigenvalue weighted by Crippen LogP contribution is 2.27. The molecule has 1 aromatic heterocycles. The number of nitrogens with zero attached hydrogens (tertiary/aromatic N) is 2. The number of halogens is 4. The van der Waals surface area contributed by atoms with E-state index in [0.29, 0.717) is 18.8 Å². The molecule has 1 heterocycles. The lowest BCUT2D eigenvalue weighted by molar-refractivity contribution is -0.135. The van der Waals surface area contributed by atoms with Crippen molar-refractivity contribution in [2.45, 2.75) is 51.2 Å². The molecule has 2 aromatic rings. The summed E-state index contributed by atoms with van der Waals surface area (Å²) in [6, 6.07) is 5.88. The van der Waals surface area contributed by atoms with Crippen LogP contribution in [0.25, 0.3) is 11.0 Å². The maximum absolute atomic E-state index is 12.2. The van der Waals surface area contributed by atoms with Crippen molar-refractivity contribution in [2.24, 2.45) is 0 Å². The number of aromatic nitrogens is 2. The molecule has 0 bridgehead atoms. The van der Waals surface area contributed by atoms with Crippen LogP contribution in [-0.2, 0) is 6.54 Å². The molecule has 0 N–H and O–H groups in total. The van der Waals surface area contributed by atoms with Gasteiger partial charge in [0.15, 0.2) is 0 Å². The van der Waals surface area contributed by atoms with Gasteiger partial charge in [0.2, 0.25) is 0 Å². The molecule has 0 spiro atoms. The van der Waals surface area contributed by atoms with Gasteiger partial charge in [-0.05, 0) is 44.4 Å². The van der Waals surface area contributed by atoms with E-state index in [1.807, 2.05) is 36.6 Å². The first-order valence-corrected chi connectivity index (χ1v) is 7.39. The number of fused-ring (bicyclic) bond motifs is 1. The summed E-state index contributed by atoms with van der Waals surface area (Å²) in [6.07, 6.45) is -4.26. The Kier molecular flexibility index (Phi) is 4.81. The Morgan fingerprint density at radius 1 is 1.29 bits per heavy atom. The number of unbranched alkanes of at least 4 members (excludes halogenated alkanes) is 1. The molecular formula is C15H18ClF3N2. The van der Waals surface area contributed by atoms with Gasteiger partial charge >= 0.3 is 6.18 Å².